The molecule has 0 radical (unpaired) electrons. The minimum absolute atomic E-state index is 0.0261. The molecular weight excluding hydrogens is 462 g/mol. The molecular formula is C26H27N5O3S. The SMILES string of the molecule is COc1cc(/C=C2\C(=N)N3N=C(N4CCCCC4)SC3=NC2=O)ccc1OCc1ccc(C)cc1. The van der Waals surface area contributed by atoms with Crippen molar-refractivity contribution in [3.05, 3.63) is 64.7 Å². The maximum atomic E-state index is 12.8. The number of amides is 1. The Hall–Kier alpha value is -3.59. The minimum atomic E-state index is -0.442. The van der Waals surface area contributed by atoms with Crippen molar-refractivity contribution in [3.8, 4) is 11.5 Å². The van der Waals surface area contributed by atoms with Crippen LogP contribution in [0.4, 0.5) is 0 Å². The molecule has 9 heteroatoms. The normalized spacial score (nSPS) is 19.0. The van der Waals surface area contributed by atoms with Gasteiger partial charge in [0.1, 0.15) is 6.61 Å². The van der Waals surface area contributed by atoms with Crippen molar-refractivity contribution in [2.75, 3.05) is 20.2 Å². The number of hydrogen-bond donors (Lipinski definition) is 1. The van der Waals surface area contributed by atoms with Gasteiger partial charge in [0.15, 0.2) is 22.5 Å². The fraction of sp³-hybridized carbons (Fsp3) is 0.308. The molecule has 0 atom stereocenters. The van der Waals surface area contributed by atoms with Gasteiger partial charge in [0.25, 0.3) is 5.91 Å². The van der Waals surface area contributed by atoms with E-state index in [0.717, 1.165) is 36.7 Å². The molecule has 3 aliphatic rings. The Bertz CT molecular complexity index is 1250. The van der Waals surface area contributed by atoms with Crippen molar-refractivity contribution < 1.29 is 14.3 Å². The lowest BCUT2D eigenvalue weighted by Gasteiger charge is -2.26. The summed E-state index contributed by atoms with van der Waals surface area (Å²) in [6, 6.07) is 13.6. The number of piperidine rings is 1. The lowest BCUT2D eigenvalue weighted by molar-refractivity contribution is -0.114. The summed E-state index contributed by atoms with van der Waals surface area (Å²) in [5, 5.41) is 15.9. The van der Waals surface area contributed by atoms with Crippen molar-refractivity contribution in [1.29, 1.82) is 5.41 Å². The molecule has 35 heavy (non-hydrogen) atoms. The maximum absolute atomic E-state index is 12.8. The van der Waals surface area contributed by atoms with Crippen molar-refractivity contribution >= 4 is 39.9 Å². The zero-order chi connectivity index (χ0) is 24.4. The Morgan fingerprint density at radius 1 is 1.06 bits per heavy atom. The molecule has 0 spiro atoms. The van der Waals surface area contributed by atoms with Gasteiger partial charge >= 0.3 is 0 Å². The van der Waals surface area contributed by atoms with Crippen molar-refractivity contribution in [2.45, 2.75) is 32.8 Å². The number of carbonyl (C=O) groups is 1. The van der Waals surface area contributed by atoms with Gasteiger partial charge in [0.05, 0.1) is 12.7 Å². The summed E-state index contributed by atoms with van der Waals surface area (Å²) < 4.78 is 11.5. The number of aliphatic imine (C=N–C) groups is 1. The van der Waals surface area contributed by atoms with Gasteiger partial charge in [0, 0.05) is 13.1 Å². The topological polar surface area (TPSA) is 90.6 Å². The van der Waals surface area contributed by atoms with E-state index in [9.17, 15) is 4.79 Å². The largest absolute Gasteiger partial charge is 0.493 e. The first-order chi connectivity index (χ1) is 17.0. The number of methoxy groups -OCH3 is 1. The van der Waals surface area contributed by atoms with Crippen molar-refractivity contribution in [2.24, 2.45) is 10.1 Å². The Labute approximate surface area is 208 Å². The standard InChI is InChI=1S/C26H27N5O3S/c1-17-6-8-18(9-7-17)16-34-21-11-10-19(15-22(21)33-2)14-20-23(27)31-25(28-24(20)32)35-26(29-31)30-12-4-3-5-13-30/h6-11,14-15,27H,3-5,12-13,16H2,1-2H3/b20-14+,27-23?. The molecule has 1 N–H and O–H groups in total. The van der Waals surface area contributed by atoms with Gasteiger partial charge in [0.2, 0.25) is 5.17 Å². The van der Waals surface area contributed by atoms with Gasteiger partial charge in [-0.3, -0.25) is 10.2 Å². The Morgan fingerprint density at radius 2 is 1.83 bits per heavy atom. The van der Waals surface area contributed by atoms with Gasteiger partial charge in [-0.15, -0.1) is 5.10 Å². The van der Waals surface area contributed by atoms with E-state index in [4.69, 9.17) is 14.9 Å². The minimum Gasteiger partial charge on any atom is -0.493 e. The van der Waals surface area contributed by atoms with Crippen molar-refractivity contribution in [3.63, 3.8) is 0 Å². The highest BCUT2D eigenvalue weighted by atomic mass is 32.2. The fourth-order valence-electron chi connectivity index (χ4n) is 4.10. The average Bonchev–Trinajstić information content (AvgIpc) is 3.31. The molecule has 3 heterocycles. The highest BCUT2D eigenvalue weighted by molar-refractivity contribution is 8.26. The smallest absolute Gasteiger partial charge is 0.283 e. The van der Waals surface area contributed by atoms with Crippen molar-refractivity contribution in [1.82, 2.24) is 9.91 Å². The van der Waals surface area contributed by atoms with Crippen LogP contribution in [0.3, 0.4) is 0 Å². The van der Waals surface area contributed by atoms with Crippen LogP contribution in [0.1, 0.15) is 36.0 Å². The maximum Gasteiger partial charge on any atom is 0.283 e. The fourth-order valence-corrected chi connectivity index (χ4v) is 5.04. The van der Waals surface area contributed by atoms with Crippen LogP contribution in [0.25, 0.3) is 6.08 Å². The third-order valence-corrected chi connectivity index (χ3v) is 7.05. The molecule has 0 unspecified atom stereocenters. The second-order valence-corrected chi connectivity index (χ2v) is 9.57. The average molecular weight is 490 g/mol. The highest BCUT2D eigenvalue weighted by Gasteiger charge is 2.37. The number of hydrazone groups is 1. The summed E-state index contributed by atoms with van der Waals surface area (Å²) in [5.41, 5.74) is 3.16. The number of fused-ring (bicyclic) bond motifs is 1. The second-order valence-electron chi connectivity index (χ2n) is 8.63. The number of aryl methyl sites for hydroxylation is 1. The molecule has 1 amide bonds. The number of thioether (sulfide) groups is 1. The third-order valence-electron chi connectivity index (χ3n) is 6.08. The van der Waals surface area contributed by atoms with Crippen LogP contribution in [-0.4, -0.2) is 52.2 Å². The predicted molar refractivity (Wildman–Crippen MR) is 139 cm³/mol. The number of ether oxygens (including phenoxy) is 2. The molecule has 8 nitrogen and oxygen atoms in total. The zero-order valence-corrected chi connectivity index (χ0v) is 20.6. The molecule has 5 rings (SSSR count). The summed E-state index contributed by atoms with van der Waals surface area (Å²) in [6.45, 7) is 4.35. The molecule has 1 fully saturated rings. The van der Waals surface area contributed by atoms with Crippen LogP contribution in [0.2, 0.25) is 0 Å². The second kappa shape index (κ2) is 9.95. The van der Waals surface area contributed by atoms with E-state index < -0.39 is 5.91 Å². The summed E-state index contributed by atoms with van der Waals surface area (Å²) in [7, 11) is 1.58. The number of carbonyl (C=O) groups excluding carboxylic acids is 1. The summed E-state index contributed by atoms with van der Waals surface area (Å²) >= 11 is 1.36. The van der Waals surface area contributed by atoms with Crippen LogP contribution in [0.5, 0.6) is 11.5 Å². The number of amidine groups is 3. The molecule has 180 valence electrons. The molecule has 2 aromatic rings. The Balaban J connectivity index is 1.34. The molecule has 1 saturated heterocycles. The van der Waals surface area contributed by atoms with Gasteiger partial charge in [-0.05, 0) is 67.3 Å². The van der Waals surface area contributed by atoms with E-state index in [1.807, 2.05) is 43.3 Å². The number of hydrogen-bond acceptors (Lipinski definition) is 7. The van der Waals surface area contributed by atoms with Crippen LogP contribution >= 0.6 is 11.8 Å². The van der Waals surface area contributed by atoms with E-state index in [1.165, 1.54) is 28.8 Å². The van der Waals surface area contributed by atoms with Crippen LogP contribution < -0.4 is 9.47 Å². The quantitative estimate of drug-likeness (QED) is 0.615. The molecule has 0 saturated carbocycles. The van der Waals surface area contributed by atoms with E-state index >= 15 is 0 Å². The lowest BCUT2D eigenvalue weighted by Crippen LogP contribution is -2.35. The van der Waals surface area contributed by atoms with Crippen LogP contribution in [-0.2, 0) is 11.4 Å². The number of likely N-dealkylation sites (tertiary alicyclic amines) is 1. The Morgan fingerprint density at radius 3 is 2.57 bits per heavy atom. The number of nitrogens with one attached hydrogen (secondary N) is 1. The van der Waals surface area contributed by atoms with Crippen LogP contribution in [0, 0.1) is 12.3 Å². The third kappa shape index (κ3) is 4.95. The first kappa shape index (κ1) is 23.2. The van der Waals surface area contributed by atoms with Gasteiger partial charge < -0.3 is 14.4 Å². The van der Waals surface area contributed by atoms with E-state index in [2.05, 4.69) is 15.0 Å². The molecule has 0 aliphatic carbocycles. The van der Waals surface area contributed by atoms with Gasteiger partial charge in [-0.2, -0.15) is 10.0 Å². The van der Waals surface area contributed by atoms with Gasteiger partial charge in [-0.1, -0.05) is 35.9 Å². The molecule has 0 bridgehead atoms. The Kier molecular flexibility index (Phi) is 6.59. The molecule has 0 aromatic heterocycles. The van der Waals surface area contributed by atoms with E-state index in [0.29, 0.717) is 28.8 Å². The monoisotopic (exact) mass is 489 g/mol. The number of nitrogens with zero attached hydrogens (tertiary/aromatic N) is 4. The summed E-state index contributed by atoms with van der Waals surface area (Å²) in [6.07, 6.45) is 5.12. The first-order valence-corrected chi connectivity index (χ1v) is 12.4. The lowest BCUT2D eigenvalue weighted by atomic mass is 10.1. The van der Waals surface area contributed by atoms with Gasteiger partial charge in [-0.25, -0.2) is 0 Å². The first-order valence-electron chi connectivity index (χ1n) is 11.6. The molecule has 2 aromatic carbocycles. The van der Waals surface area contributed by atoms with Crippen LogP contribution in [0.15, 0.2) is 58.1 Å². The predicted octanol–water partition coefficient (Wildman–Crippen LogP) is 4.65. The highest BCUT2D eigenvalue weighted by Crippen LogP contribution is 2.33. The number of rotatable bonds is 5. The molecule has 3 aliphatic heterocycles. The summed E-state index contributed by atoms with van der Waals surface area (Å²) in [5.74, 6) is 0.737. The van der Waals surface area contributed by atoms with E-state index in [1.54, 1.807) is 19.3 Å². The van der Waals surface area contributed by atoms with E-state index in [-0.39, 0.29) is 11.4 Å². The zero-order valence-electron chi connectivity index (χ0n) is 19.8. The number of benzene rings is 2. The summed E-state index contributed by atoms with van der Waals surface area (Å²) in [4.78, 5) is 19.2.